The summed E-state index contributed by atoms with van der Waals surface area (Å²) < 4.78 is 4.90. The molecule has 1 aromatic heterocycles. The lowest BCUT2D eigenvalue weighted by Gasteiger charge is -2.05. The van der Waals surface area contributed by atoms with Gasteiger partial charge in [0.2, 0.25) is 5.95 Å². The second kappa shape index (κ2) is 7.39. The van der Waals surface area contributed by atoms with Gasteiger partial charge >= 0.3 is 0 Å². The molecule has 1 rings (SSSR count). The van der Waals surface area contributed by atoms with E-state index in [1.165, 1.54) is 0 Å². The van der Waals surface area contributed by atoms with E-state index >= 15 is 0 Å². The first kappa shape index (κ1) is 12.2. The lowest BCUT2D eigenvalue weighted by molar-refractivity contribution is 0.200. The first-order chi connectivity index (χ1) is 7.33. The zero-order valence-corrected chi connectivity index (χ0v) is 9.42. The number of aromatic nitrogens is 2. The Balaban J connectivity index is 2.07. The van der Waals surface area contributed by atoms with Gasteiger partial charge in [0, 0.05) is 26.7 Å². The first-order valence-corrected chi connectivity index (χ1v) is 5.12. The number of nitrogens with one attached hydrogen (secondary N) is 2. The molecule has 0 unspecified atom stereocenters. The van der Waals surface area contributed by atoms with E-state index in [1.54, 1.807) is 19.5 Å². The van der Waals surface area contributed by atoms with Crippen LogP contribution in [0, 0.1) is 0 Å². The standard InChI is InChI=1S/C9H15ClN4O/c1-15-5-4-11-2-3-12-9-13-6-8(10)7-14-9/h6-7,11H,2-5H2,1H3,(H,12,13,14). The van der Waals surface area contributed by atoms with Crippen LogP contribution < -0.4 is 10.6 Å². The highest BCUT2D eigenvalue weighted by molar-refractivity contribution is 6.30. The van der Waals surface area contributed by atoms with Crippen LogP contribution in [0.25, 0.3) is 0 Å². The Hall–Kier alpha value is -0.910. The van der Waals surface area contributed by atoms with Crippen molar-refractivity contribution >= 4 is 17.5 Å². The SMILES string of the molecule is COCCNCCNc1ncc(Cl)cn1. The third kappa shape index (κ3) is 5.51. The molecule has 0 aromatic carbocycles. The summed E-state index contributed by atoms with van der Waals surface area (Å²) >= 11 is 5.65. The van der Waals surface area contributed by atoms with Crippen LogP contribution in [0.2, 0.25) is 5.02 Å². The van der Waals surface area contributed by atoms with Crippen molar-refractivity contribution in [1.82, 2.24) is 15.3 Å². The molecular formula is C9H15ClN4O. The van der Waals surface area contributed by atoms with Crippen molar-refractivity contribution in [3.63, 3.8) is 0 Å². The number of hydrogen-bond donors (Lipinski definition) is 2. The number of halogens is 1. The summed E-state index contributed by atoms with van der Waals surface area (Å²) in [5.41, 5.74) is 0. The summed E-state index contributed by atoms with van der Waals surface area (Å²) in [6, 6.07) is 0. The van der Waals surface area contributed by atoms with E-state index in [2.05, 4.69) is 20.6 Å². The van der Waals surface area contributed by atoms with E-state index in [4.69, 9.17) is 16.3 Å². The highest BCUT2D eigenvalue weighted by atomic mass is 35.5. The lowest BCUT2D eigenvalue weighted by Crippen LogP contribution is -2.25. The average molecular weight is 231 g/mol. The van der Waals surface area contributed by atoms with Gasteiger partial charge in [-0.05, 0) is 0 Å². The van der Waals surface area contributed by atoms with Crippen LogP contribution in [0.4, 0.5) is 5.95 Å². The second-order valence-electron chi connectivity index (χ2n) is 2.89. The summed E-state index contributed by atoms with van der Waals surface area (Å²) in [7, 11) is 1.68. The topological polar surface area (TPSA) is 59.1 Å². The number of methoxy groups -OCH3 is 1. The van der Waals surface area contributed by atoms with E-state index in [1.807, 2.05) is 0 Å². The molecule has 0 saturated heterocycles. The number of hydrogen-bond acceptors (Lipinski definition) is 5. The Morgan fingerprint density at radius 1 is 1.27 bits per heavy atom. The molecule has 1 heterocycles. The molecule has 0 spiro atoms. The molecule has 1 aromatic rings. The molecule has 84 valence electrons. The molecule has 0 fully saturated rings. The van der Waals surface area contributed by atoms with Crippen LogP contribution in [0.5, 0.6) is 0 Å². The summed E-state index contributed by atoms with van der Waals surface area (Å²) in [6.45, 7) is 3.18. The van der Waals surface area contributed by atoms with Gasteiger partial charge in [0.05, 0.1) is 24.0 Å². The van der Waals surface area contributed by atoms with Crippen LogP contribution in [0.15, 0.2) is 12.4 Å². The molecule has 0 aliphatic heterocycles. The van der Waals surface area contributed by atoms with E-state index in [-0.39, 0.29) is 0 Å². The maximum absolute atomic E-state index is 5.65. The molecule has 0 bridgehead atoms. The monoisotopic (exact) mass is 230 g/mol. The molecule has 0 saturated carbocycles. The molecule has 6 heteroatoms. The zero-order valence-electron chi connectivity index (χ0n) is 8.66. The maximum Gasteiger partial charge on any atom is 0.222 e. The van der Waals surface area contributed by atoms with E-state index < -0.39 is 0 Å². The molecule has 15 heavy (non-hydrogen) atoms. The van der Waals surface area contributed by atoms with Crippen LogP contribution in [-0.2, 0) is 4.74 Å². The maximum atomic E-state index is 5.65. The van der Waals surface area contributed by atoms with Crippen molar-refractivity contribution in [2.24, 2.45) is 0 Å². The number of nitrogens with zero attached hydrogens (tertiary/aromatic N) is 2. The van der Waals surface area contributed by atoms with E-state index in [0.717, 1.165) is 26.2 Å². The normalized spacial score (nSPS) is 10.3. The molecule has 0 radical (unpaired) electrons. The summed E-state index contributed by atoms with van der Waals surface area (Å²) in [6.07, 6.45) is 3.13. The lowest BCUT2D eigenvalue weighted by atomic mass is 10.5. The number of anilines is 1. The molecule has 0 amide bonds. The number of ether oxygens (including phenoxy) is 1. The van der Waals surface area contributed by atoms with Gasteiger partial charge in [0.15, 0.2) is 0 Å². The minimum Gasteiger partial charge on any atom is -0.383 e. The van der Waals surface area contributed by atoms with E-state index in [9.17, 15) is 0 Å². The van der Waals surface area contributed by atoms with Crippen molar-refractivity contribution in [1.29, 1.82) is 0 Å². The van der Waals surface area contributed by atoms with Crippen molar-refractivity contribution in [2.45, 2.75) is 0 Å². The summed E-state index contributed by atoms with van der Waals surface area (Å²) in [5.74, 6) is 0.591. The van der Waals surface area contributed by atoms with Gasteiger partial charge in [0.25, 0.3) is 0 Å². The minimum atomic E-state index is 0.541. The molecule has 0 aliphatic carbocycles. The Labute approximate surface area is 94.2 Å². The molecule has 0 aliphatic rings. The van der Waals surface area contributed by atoms with Crippen molar-refractivity contribution in [3.8, 4) is 0 Å². The second-order valence-corrected chi connectivity index (χ2v) is 3.33. The first-order valence-electron chi connectivity index (χ1n) is 4.74. The summed E-state index contributed by atoms with van der Waals surface area (Å²) in [5, 5.41) is 6.80. The van der Waals surface area contributed by atoms with Gasteiger partial charge in [-0.15, -0.1) is 0 Å². The average Bonchev–Trinajstić information content (AvgIpc) is 2.26. The fourth-order valence-corrected chi connectivity index (χ4v) is 1.06. The largest absolute Gasteiger partial charge is 0.383 e. The third-order valence-electron chi connectivity index (χ3n) is 1.69. The number of rotatable bonds is 7. The minimum absolute atomic E-state index is 0.541. The van der Waals surface area contributed by atoms with Gasteiger partial charge < -0.3 is 15.4 Å². The fraction of sp³-hybridized carbons (Fsp3) is 0.556. The predicted octanol–water partition coefficient (Wildman–Crippen LogP) is 0.778. The van der Waals surface area contributed by atoms with Gasteiger partial charge in [-0.1, -0.05) is 11.6 Å². The van der Waals surface area contributed by atoms with Gasteiger partial charge in [-0.3, -0.25) is 0 Å². The molecule has 0 atom stereocenters. The van der Waals surface area contributed by atoms with Crippen LogP contribution in [0.3, 0.4) is 0 Å². The molecule has 2 N–H and O–H groups in total. The van der Waals surface area contributed by atoms with Gasteiger partial charge in [-0.25, -0.2) is 9.97 Å². The molecule has 5 nitrogen and oxygen atoms in total. The highest BCUT2D eigenvalue weighted by Gasteiger charge is 1.94. The Morgan fingerprint density at radius 3 is 2.67 bits per heavy atom. The van der Waals surface area contributed by atoms with Gasteiger partial charge in [0.1, 0.15) is 0 Å². The quantitative estimate of drug-likeness (QED) is 0.678. The van der Waals surface area contributed by atoms with Crippen molar-refractivity contribution in [2.75, 3.05) is 38.7 Å². The van der Waals surface area contributed by atoms with Crippen LogP contribution in [-0.4, -0.2) is 43.3 Å². The highest BCUT2D eigenvalue weighted by Crippen LogP contribution is 2.04. The van der Waals surface area contributed by atoms with Crippen molar-refractivity contribution < 1.29 is 4.74 Å². The zero-order chi connectivity index (χ0) is 10.9. The summed E-state index contributed by atoms with van der Waals surface area (Å²) in [4.78, 5) is 8.01. The van der Waals surface area contributed by atoms with Gasteiger partial charge in [-0.2, -0.15) is 0 Å². The third-order valence-corrected chi connectivity index (χ3v) is 1.88. The van der Waals surface area contributed by atoms with Crippen molar-refractivity contribution in [3.05, 3.63) is 17.4 Å². The predicted molar refractivity (Wildman–Crippen MR) is 60.3 cm³/mol. The Bertz CT molecular complexity index is 267. The van der Waals surface area contributed by atoms with Crippen LogP contribution in [0.1, 0.15) is 0 Å². The smallest absolute Gasteiger partial charge is 0.222 e. The Morgan fingerprint density at radius 2 is 2.00 bits per heavy atom. The fourth-order valence-electron chi connectivity index (χ4n) is 0.965. The molecular weight excluding hydrogens is 216 g/mol. The Kier molecular flexibility index (Phi) is 5.99. The van der Waals surface area contributed by atoms with Crippen LogP contribution >= 0.6 is 11.6 Å². The van der Waals surface area contributed by atoms with E-state index in [0.29, 0.717) is 11.0 Å².